The number of hydrogen-bond acceptors (Lipinski definition) is 3. The number of piperidine rings is 1. The first-order chi connectivity index (χ1) is 12.8. The molecular formula is C23H34N2O2. The second kappa shape index (κ2) is 6.49. The number of nitrogens with one attached hydrogen (secondary N) is 1. The molecule has 0 radical (unpaired) electrons. The van der Waals surface area contributed by atoms with Crippen LogP contribution in [0.25, 0.3) is 0 Å². The molecule has 4 heteroatoms. The standard InChI is InChI=1S/C23H34N2O2/c1-5-25(6-2)21(27)15-13-23(4)18-9-11-22(3)10-7-8-17(22)16(18)14-24-20(23)12-19(15)26/h12-13,16-18,24H,5-11,14H2,1-4H3/t16-,17-,18+,22-,23+/m0/s1. The Morgan fingerprint density at radius 1 is 1.19 bits per heavy atom. The largest absolute Gasteiger partial charge is 0.387 e. The zero-order valence-corrected chi connectivity index (χ0v) is 17.3. The number of fused-ring (bicyclic) bond motifs is 5. The third kappa shape index (κ3) is 2.70. The van der Waals surface area contributed by atoms with Gasteiger partial charge >= 0.3 is 0 Å². The lowest BCUT2D eigenvalue weighted by atomic mass is 9.51. The van der Waals surface area contributed by atoms with Crippen molar-refractivity contribution >= 4 is 11.7 Å². The average Bonchev–Trinajstić information content (AvgIpc) is 3.04. The van der Waals surface area contributed by atoms with Gasteiger partial charge in [-0.3, -0.25) is 9.59 Å². The summed E-state index contributed by atoms with van der Waals surface area (Å²) in [7, 11) is 0. The van der Waals surface area contributed by atoms with Gasteiger partial charge < -0.3 is 10.2 Å². The van der Waals surface area contributed by atoms with Crippen LogP contribution in [0.15, 0.2) is 23.4 Å². The number of amides is 1. The molecule has 3 aliphatic carbocycles. The minimum Gasteiger partial charge on any atom is -0.387 e. The lowest BCUT2D eigenvalue weighted by molar-refractivity contribution is -0.129. The second-order valence-electron chi connectivity index (χ2n) is 9.58. The maximum absolute atomic E-state index is 13.0. The van der Waals surface area contributed by atoms with Crippen molar-refractivity contribution in [2.24, 2.45) is 28.6 Å². The van der Waals surface area contributed by atoms with Crippen LogP contribution >= 0.6 is 0 Å². The lowest BCUT2D eigenvalue weighted by Gasteiger charge is -2.56. The van der Waals surface area contributed by atoms with Gasteiger partial charge in [-0.15, -0.1) is 0 Å². The number of ketones is 1. The quantitative estimate of drug-likeness (QED) is 0.771. The number of rotatable bonds is 3. The minimum absolute atomic E-state index is 0.106. The second-order valence-corrected chi connectivity index (χ2v) is 9.58. The van der Waals surface area contributed by atoms with Crippen LogP contribution in [0.5, 0.6) is 0 Å². The number of nitrogens with zero attached hydrogens (tertiary/aromatic N) is 1. The highest BCUT2D eigenvalue weighted by Crippen LogP contribution is 2.61. The van der Waals surface area contributed by atoms with Crippen molar-refractivity contribution in [1.82, 2.24) is 10.2 Å². The summed E-state index contributed by atoms with van der Waals surface area (Å²) in [5, 5.41) is 3.61. The van der Waals surface area contributed by atoms with Gasteiger partial charge in [-0.2, -0.15) is 0 Å². The smallest absolute Gasteiger partial charge is 0.257 e. The number of likely N-dealkylation sites (N-methyl/N-ethyl adjacent to an activating group) is 1. The molecule has 5 atom stereocenters. The summed E-state index contributed by atoms with van der Waals surface area (Å²) >= 11 is 0. The Labute approximate surface area is 163 Å². The fourth-order valence-corrected chi connectivity index (χ4v) is 6.75. The average molecular weight is 371 g/mol. The van der Waals surface area contributed by atoms with Gasteiger partial charge in [-0.05, 0) is 62.7 Å². The van der Waals surface area contributed by atoms with Crippen LogP contribution < -0.4 is 5.32 Å². The molecule has 3 fully saturated rings. The number of carbonyl (C=O) groups excluding carboxylic acids is 2. The maximum atomic E-state index is 13.0. The van der Waals surface area contributed by atoms with Gasteiger partial charge in [0.2, 0.25) is 0 Å². The maximum Gasteiger partial charge on any atom is 0.257 e. The highest BCUT2D eigenvalue weighted by Gasteiger charge is 2.56. The van der Waals surface area contributed by atoms with E-state index in [0.717, 1.165) is 18.2 Å². The van der Waals surface area contributed by atoms with Gasteiger partial charge in [-0.25, -0.2) is 0 Å². The molecule has 148 valence electrons. The molecule has 0 unspecified atom stereocenters. The van der Waals surface area contributed by atoms with Crippen LogP contribution in [-0.4, -0.2) is 36.2 Å². The Balaban J connectivity index is 1.70. The Hall–Kier alpha value is -1.58. The van der Waals surface area contributed by atoms with Gasteiger partial charge in [0.15, 0.2) is 5.78 Å². The summed E-state index contributed by atoms with van der Waals surface area (Å²) in [6.45, 7) is 10.9. The summed E-state index contributed by atoms with van der Waals surface area (Å²) in [5.74, 6) is 1.70. The van der Waals surface area contributed by atoms with Gasteiger partial charge in [0, 0.05) is 36.8 Å². The van der Waals surface area contributed by atoms with E-state index in [1.165, 1.54) is 32.1 Å². The molecule has 4 nitrogen and oxygen atoms in total. The molecule has 2 saturated carbocycles. The fourth-order valence-electron chi connectivity index (χ4n) is 6.75. The van der Waals surface area contributed by atoms with E-state index >= 15 is 0 Å². The van der Waals surface area contributed by atoms with Crippen LogP contribution in [0.3, 0.4) is 0 Å². The highest BCUT2D eigenvalue weighted by molar-refractivity contribution is 6.24. The van der Waals surface area contributed by atoms with Crippen molar-refractivity contribution in [1.29, 1.82) is 0 Å². The topological polar surface area (TPSA) is 49.4 Å². The monoisotopic (exact) mass is 370 g/mol. The zero-order chi connectivity index (χ0) is 19.4. The van der Waals surface area contributed by atoms with Crippen molar-refractivity contribution < 1.29 is 9.59 Å². The van der Waals surface area contributed by atoms with Crippen LogP contribution in [0.2, 0.25) is 0 Å². The van der Waals surface area contributed by atoms with Crippen molar-refractivity contribution in [2.75, 3.05) is 19.6 Å². The van der Waals surface area contributed by atoms with Gasteiger partial charge in [0.05, 0.1) is 5.57 Å². The molecule has 0 aromatic heterocycles. The predicted molar refractivity (Wildman–Crippen MR) is 107 cm³/mol. The molecule has 1 amide bonds. The van der Waals surface area contributed by atoms with Gasteiger partial charge in [-0.1, -0.05) is 26.3 Å². The molecule has 1 aliphatic heterocycles. The molecule has 0 aromatic carbocycles. The first kappa shape index (κ1) is 18.8. The van der Waals surface area contributed by atoms with Crippen LogP contribution in [0, 0.1) is 28.6 Å². The fraction of sp³-hybridized carbons (Fsp3) is 0.739. The number of hydrogen-bond donors (Lipinski definition) is 1. The van der Waals surface area contributed by atoms with Crippen LogP contribution in [0.4, 0.5) is 0 Å². The van der Waals surface area contributed by atoms with Crippen LogP contribution in [0.1, 0.15) is 59.8 Å². The molecule has 0 spiro atoms. The Morgan fingerprint density at radius 3 is 2.63 bits per heavy atom. The summed E-state index contributed by atoms with van der Waals surface area (Å²) in [4.78, 5) is 27.5. The predicted octanol–water partition coefficient (Wildman–Crippen LogP) is 3.69. The number of carbonyl (C=O) groups is 2. The molecule has 1 saturated heterocycles. The molecule has 4 aliphatic rings. The van der Waals surface area contributed by atoms with Crippen molar-refractivity contribution in [3.05, 3.63) is 23.4 Å². The molecule has 4 rings (SSSR count). The van der Waals surface area contributed by atoms with Crippen LogP contribution in [-0.2, 0) is 9.59 Å². The Bertz CT molecular complexity index is 720. The van der Waals surface area contributed by atoms with E-state index in [2.05, 4.69) is 19.2 Å². The molecule has 1 N–H and O–H groups in total. The SMILES string of the molecule is CCN(CC)C(=O)C1=C[C@@]2(C)C(=CC1=O)NC[C@@H]1[C@H]2CC[C@]2(C)CCC[C@@H]12. The van der Waals surface area contributed by atoms with Gasteiger partial charge in [0.25, 0.3) is 5.91 Å². The van der Waals surface area contributed by atoms with E-state index in [1.807, 2.05) is 19.9 Å². The van der Waals surface area contributed by atoms with E-state index in [4.69, 9.17) is 0 Å². The van der Waals surface area contributed by atoms with E-state index < -0.39 is 0 Å². The van der Waals surface area contributed by atoms with E-state index in [1.54, 1.807) is 11.0 Å². The summed E-state index contributed by atoms with van der Waals surface area (Å²) in [5.41, 5.74) is 1.69. The lowest BCUT2D eigenvalue weighted by Crippen LogP contribution is -2.55. The van der Waals surface area contributed by atoms with E-state index in [9.17, 15) is 9.59 Å². The summed E-state index contributed by atoms with van der Waals surface area (Å²) < 4.78 is 0. The zero-order valence-electron chi connectivity index (χ0n) is 17.3. The Morgan fingerprint density at radius 2 is 1.93 bits per heavy atom. The van der Waals surface area contributed by atoms with Crippen molar-refractivity contribution in [3.8, 4) is 0 Å². The highest BCUT2D eigenvalue weighted by atomic mass is 16.2. The number of allylic oxidation sites excluding steroid dienone is 2. The van der Waals surface area contributed by atoms with E-state index in [-0.39, 0.29) is 17.1 Å². The molecule has 0 aromatic rings. The molecule has 0 bridgehead atoms. The third-order valence-electron chi connectivity index (χ3n) is 8.36. The molecular weight excluding hydrogens is 336 g/mol. The summed E-state index contributed by atoms with van der Waals surface area (Å²) in [6.07, 6.45) is 10.3. The van der Waals surface area contributed by atoms with Crippen molar-refractivity contribution in [2.45, 2.75) is 59.8 Å². The normalized spacial score (nSPS) is 40.1. The summed E-state index contributed by atoms with van der Waals surface area (Å²) in [6, 6.07) is 0. The third-order valence-corrected chi connectivity index (χ3v) is 8.36. The van der Waals surface area contributed by atoms with Gasteiger partial charge in [0.1, 0.15) is 0 Å². The first-order valence-electron chi connectivity index (χ1n) is 10.9. The minimum atomic E-state index is -0.223. The Kier molecular flexibility index (Phi) is 4.51. The van der Waals surface area contributed by atoms with Crippen molar-refractivity contribution in [3.63, 3.8) is 0 Å². The molecule has 27 heavy (non-hydrogen) atoms. The molecule has 1 heterocycles. The first-order valence-corrected chi connectivity index (χ1v) is 10.9. The van der Waals surface area contributed by atoms with E-state index in [0.29, 0.717) is 35.9 Å².